The zero-order valence-electron chi connectivity index (χ0n) is 10.6. The van der Waals surface area contributed by atoms with E-state index in [1.165, 1.54) is 10.6 Å². The number of sulfonamides is 1. The molecule has 1 aromatic carbocycles. The highest BCUT2D eigenvalue weighted by Crippen LogP contribution is 2.13. The summed E-state index contributed by atoms with van der Waals surface area (Å²) in [5, 5.41) is 0. The number of rotatable bonds is 2. The molecule has 1 amide bonds. The number of amides is 1. The maximum absolute atomic E-state index is 12.2. The van der Waals surface area contributed by atoms with Gasteiger partial charge in [-0.05, 0) is 18.2 Å². The molecule has 104 valence electrons. The van der Waals surface area contributed by atoms with E-state index in [4.69, 9.17) is 0 Å². The van der Waals surface area contributed by atoms with Crippen LogP contribution in [0.15, 0.2) is 29.2 Å². The summed E-state index contributed by atoms with van der Waals surface area (Å²) < 4.78 is 24.2. The van der Waals surface area contributed by atoms with E-state index in [1.807, 2.05) is 6.07 Å². The Morgan fingerprint density at radius 2 is 1.84 bits per heavy atom. The van der Waals surface area contributed by atoms with Crippen LogP contribution < -0.4 is 0 Å². The number of carbonyl (C=O) groups is 1. The van der Waals surface area contributed by atoms with Crippen LogP contribution in [0.2, 0.25) is 0 Å². The summed E-state index contributed by atoms with van der Waals surface area (Å²) in [6.07, 6.45) is 1.19. The summed E-state index contributed by atoms with van der Waals surface area (Å²) >= 11 is 4.21. The van der Waals surface area contributed by atoms with Gasteiger partial charge in [-0.2, -0.15) is 4.31 Å². The van der Waals surface area contributed by atoms with Crippen LogP contribution in [0, 0.1) is 0 Å². The van der Waals surface area contributed by atoms with Gasteiger partial charge < -0.3 is 4.90 Å². The van der Waals surface area contributed by atoms with Crippen LogP contribution >= 0.6 is 12.6 Å². The van der Waals surface area contributed by atoms with E-state index in [2.05, 4.69) is 12.6 Å². The Balaban J connectivity index is 2.04. The van der Waals surface area contributed by atoms with E-state index in [9.17, 15) is 13.2 Å². The van der Waals surface area contributed by atoms with Gasteiger partial charge in [-0.3, -0.25) is 4.79 Å². The first-order chi connectivity index (χ1) is 8.88. The number of piperazine rings is 1. The molecule has 1 saturated heterocycles. The molecule has 0 spiro atoms. The third kappa shape index (κ3) is 3.49. The third-order valence-electron chi connectivity index (χ3n) is 3.09. The van der Waals surface area contributed by atoms with E-state index in [0.717, 1.165) is 4.90 Å². The highest BCUT2D eigenvalue weighted by atomic mass is 32.2. The number of nitrogens with zero attached hydrogens (tertiary/aromatic N) is 2. The number of thiol groups is 1. The summed E-state index contributed by atoms with van der Waals surface area (Å²) in [4.78, 5) is 14.6. The first kappa shape index (κ1) is 14.4. The van der Waals surface area contributed by atoms with Crippen LogP contribution in [-0.2, 0) is 10.0 Å². The summed E-state index contributed by atoms with van der Waals surface area (Å²) in [7, 11) is -3.16. The Bertz CT molecular complexity index is 578. The van der Waals surface area contributed by atoms with Crippen molar-refractivity contribution in [3.05, 3.63) is 29.8 Å². The molecule has 0 aliphatic carbocycles. The average molecular weight is 300 g/mol. The predicted molar refractivity (Wildman–Crippen MR) is 76.0 cm³/mol. The lowest BCUT2D eigenvalue weighted by molar-refractivity contribution is 0.0698. The minimum Gasteiger partial charge on any atom is -0.336 e. The van der Waals surface area contributed by atoms with Crippen molar-refractivity contribution in [2.75, 3.05) is 32.4 Å². The van der Waals surface area contributed by atoms with Gasteiger partial charge in [-0.1, -0.05) is 6.07 Å². The van der Waals surface area contributed by atoms with Gasteiger partial charge in [0.1, 0.15) is 0 Å². The summed E-state index contributed by atoms with van der Waals surface area (Å²) in [5.74, 6) is -0.0796. The highest BCUT2D eigenvalue weighted by Gasteiger charge is 2.26. The van der Waals surface area contributed by atoms with E-state index < -0.39 is 10.0 Å². The van der Waals surface area contributed by atoms with Crippen LogP contribution in [0.1, 0.15) is 10.4 Å². The Labute approximate surface area is 118 Å². The maximum Gasteiger partial charge on any atom is 0.253 e. The molecule has 0 atom stereocenters. The van der Waals surface area contributed by atoms with Crippen molar-refractivity contribution in [2.45, 2.75) is 4.90 Å². The van der Waals surface area contributed by atoms with Gasteiger partial charge in [-0.15, -0.1) is 12.6 Å². The van der Waals surface area contributed by atoms with E-state index in [-0.39, 0.29) is 5.91 Å². The molecule has 1 aliphatic heterocycles. The van der Waals surface area contributed by atoms with Crippen LogP contribution in [0.25, 0.3) is 0 Å². The summed E-state index contributed by atoms with van der Waals surface area (Å²) in [6.45, 7) is 1.54. The second-order valence-electron chi connectivity index (χ2n) is 4.50. The van der Waals surface area contributed by atoms with Crippen molar-refractivity contribution in [3.63, 3.8) is 0 Å². The van der Waals surface area contributed by atoms with Crippen molar-refractivity contribution in [1.82, 2.24) is 9.21 Å². The fourth-order valence-electron chi connectivity index (χ4n) is 2.04. The molecule has 0 N–H and O–H groups in total. The second kappa shape index (κ2) is 5.52. The topological polar surface area (TPSA) is 57.7 Å². The van der Waals surface area contributed by atoms with Gasteiger partial charge in [0.2, 0.25) is 10.0 Å². The number of hydrogen-bond acceptors (Lipinski definition) is 4. The number of hydrogen-bond donors (Lipinski definition) is 1. The molecule has 0 unspecified atom stereocenters. The lowest BCUT2D eigenvalue weighted by Gasteiger charge is -2.33. The minimum absolute atomic E-state index is 0.0796. The first-order valence-electron chi connectivity index (χ1n) is 5.91. The molecular weight excluding hydrogens is 284 g/mol. The van der Waals surface area contributed by atoms with Gasteiger partial charge in [-0.25, -0.2) is 8.42 Å². The SMILES string of the molecule is CS(=O)(=O)N1CCN(C(=O)c2cccc(S)c2)CC1. The molecule has 1 heterocycles. The van der Waals surface area contributed by atoms with E-state index in [1.54, 1.807) is 23.1 Å². The van der Waals surface area contributed by atoms with Crippen LogP contribution in [-0.4, -0.2) is 56.0 Å². The fourth-order valence-corrected chi connectivity index (χ4v) is 3.10. The van der Waals surface area contributed by atoms with Gasteiger partial charge >= 0.3 is 0 Å². The number of carbonyl (C=O) groups excluding carboxylic acids is 1. The van der Waals surface area contributed by atoms with E-state index in [0.29, 0.717) is 31.7 Å². The smallest absolute Gasteiger partial charge is 0.253 e. The minimum atomic E-state index is -3.16. The molecule has 19 heavy (non-hydrogen) atoms. The molecule has 0 saturated carbocycles. The van der Waals surface area contributed by atoms with Gasteiger partial charge in [0, 0.05) is 36.6 Å². The van der Waals surface area contributed by atoms with Crippen molar-refractivity contribution < 1.29 is 13.2 Å². The monoisotopic (exact) mass is 300 g/mol. The van der Waals surface area contributed by atoms with Crippen LogP contribution in [0.5, 0.6) is 0 Å². The van der Waals surface area contributed by atoms with Crippen molar-refractivity contribution in [3.8, 4) is 0 Å². The quantitative estimate of drug-likeness (QED) is 0.818. The van der Waals surface area contributed by atoms with Crippen molar-refractivity contribution >= 4 is 28.6 Å². The number of benzene rings is 1. The normalized spacial score (nSPS) is 17.5. The zero-order chi connectivity index (χ0) is 14.0. The molecule has 5 nitrogen and oxygen atoms in total. The summed E-state index contributed by atoms with van der Waals surface area (Å²) in [6, 6.07) is 7.04. The standard InChI is InChI=1S/C12H16N2O3S2/c1-19(16,17)14-7-5-13(6-8-14)12(15)10-3-2-4-11(18)9-10/h2-4,9,18H,5-8H2,1H3. The van der Waals surface area contributed by atoms with Gasteiger partial charge in [0.05, 0.1) is 6.26 Å². The molecular formula is C12H16N2O3S2. The Morgan fingerprint density at radius 3 is 2.37 bits per heavy atom. The zero-order valence-corrected chi connectivity index (χ0v) is 12.3. The Morgan fingerprint density at radius 1 is 1.21 bits per heavy atom. The average Bonchev–Trinajstić information content (AvgIpc) is 2.37. The van der Waals surface area contributed by atoms with Gasteiger partial charge in [0.15, 0.2) is 0 Å². The highest BCUT2D eigenvalue weighted by molar-refractivity contribution is 7.88. The lowest BCUT2D eigenvalue weighted by Crippen LogP contribution is -2.50. The van der Waals surface area contributed by atoms with Crippen LogP contribution in [0.3, 0.4) is 0 Å². The third-order valence-corrected chi connectivity index (χ3v) is 4.67. The molecule has 7 heteroatoms. The molecule has 1 fully saturated rings. The largest absolute Gasteiger partial charge is 0.336 e. The molecule has 1 aliphatic rings. The van der Waals surface area contributed by atoms with Crippen LogP contribution in [0.4, 0.5) is 0 Å². The first-order valence-corrected chi connectivity index (χ1v) is 8.21. The summed E-state index contributed by atoms with van der Waals surface area (Å²) in [5.41, 5.74) is 0.584. The van der Waals surface area contributed by atoms with Crippen molar-refractivity contribution in [2.24, 2.45) is 0 Å². The molecule has 2 rings (SSSR count). The van der Waals surface area contributed by atoms with Crippen molar-refractivity contribution in [1.29, 1.82) is 0 Å². The molecule has 0 aromatic heterocycles. The van der Waals surface area contributed by atoms with E-state index >= 15 is 0 Å². The fraction of sp³-hybridized carbons (Fsp3) is 0.417. The maximum atomic E-state index is 12.2. The molecule has 0 bridgehead atoms. The molecule has 0 radical (unpaired) electrons. The predicted octanol–water partition coefficient (Wildman–Crippen LogP) is 0.693. The molecule has 1 aromatic rings. The Hall–Kier alpha value is -1.05. The van der Waals surface area contributed by atoms with Gasteiger partial charge in [0.25, 0.3) is 5.91 Å². The Kier molecular flexibility index (Phi) is 4.17. The second-order valence-corrected chi connectivity index (χ2v) is 7.00. The lowest BCUT2D eigenvalue weighted by atomic mass is 10.2.